The molecular formula is C16H14Cl2O2. The summed E-state index contributed by atoms with van der Waals surface area (Å²) < 4.78 is 5.31. The van der Waals surface area contributed by atoms with Crippen molar-refractivity contribution in [1.29, 1.82) is 0 Å². The highest BCUT2D eigenvalue weighted by Crippen LogP contribution is 2.28. The minimum atomic E-state index is -0.412. The van der Waals surface area contributed by atoms with E-state index in [1.165, 1.54) is 0 Å². The number of hydrogen-bond donors (Lipinski definition) is 0. The fourth-order valence-electron chi connectivity index (χ4n) is 2.12. The van der Waals surface area contributed by atoms with Crippen molar-refractivity contribution in [2.45, 2.75) is 12.3 Å². The van der Waals surface area contributed by atoms with E-state index < -0.39 is 11.2 Å². The number of para-hydroxylation sites is 1. The summed E-state index contributed by atoms with van der Waals surface area (Å²) in [5, 5.41) is 0.241. The largest absolute Gasteiger partial charge is 0.496 e. The first-order valence-electron chi connectivity index (χ1n) is 6.18. The second-order valence-corrected chi connectivity index (χ2v) is 5.23. The fourth-order valence-corrected chi connectivity index (χ4v) is 2.44. The van der Waals surface area contributed by atoms with Gasteiger partial charge in [-0.25, -0.2) is 0 Å². The second-order valence-electron chi connectivity index (χ2n) is 4.42. The molecule has 0 saturated heterocycles. The van der Waals surface area contributed by atoms with Gasteiger partial charge in [-0.05, 0) is 47.3 Å². The van der Waals surface area contributed by atoms with E-state index in [-0.39, 0.29) is 0 Å². The Bertz CT molecular complexity index is 594. The molecular weight excluding hydrogens is 295 g/mol. The van der Waals surface area contributed by atoms with Gasteiger partial charge in [0, 0.05) is 5.02 Å². The van der Waals surface area contributed by atoms with Gasteiger partial charge in [-0.15, -0.1) is 0 Å². The smallest absolute Gasteiger partial charge is 0.229 e. The molecule has 0 heterocycles. The molecule has 0 aliphatic carbocycles. The van der Waals surface area contributed by atoms with Gasteiger partial charge in [-0.1, -0.05) is 41.9 Å². The minimum Gasteiger partial charge on any atom is -0.496 e. The Balaban J connectivity index is 2.30. The highest BCUT2D eigenvalue weighted by Gasteiger charge is 2.20. The first-order valence-corrected chi connectivity index (χ1v) is 6.94. The number of benzene rings is 2. The Hall–Kier alpha value is -1.51. The molecule has 2 aromatic rings. The van der Waals surface area contributed by atoms with E-state index in [9.17, 15) is 4.79 Å². The van der Waals surface area contributed by atoms with Gasteiger partial charge in [0.25, 0.3) is 0 Å². The van der Waals surface area contributed by atoms with Crippen molar-refractivity contribution in [2.24, 2.45) is 0 Å². The molecule has 1 unspecified atom stereocenters. The van der Waals surface area contributed by atoms with Crippen molar-refractivity contribution in [2.75, 3.05) is 7.11 Å². The topological polar surface area (TPSA) is 26.3 Å². The lowest BCUT2D eigenvalue weighted by molar-refractivity contribution is -0.113. The van der Waals surface area contributed by atoms with Crippen LogP contribution in [0.2, 0.25) is 5.02 Å². The second kappa shape index (κ2) is 6.78. The number of carbonyl (C=O) groups is 1. The van der Waals surface area contributed by atoms with Crippen molar-refractivity contribution in [3.8, 4) is 5.75 Å². The van der Waals surface area contributed by atoms with E-state index in [0.29, 0.717) is 11.4 Å². The molecule has 0 aliphatic rings. The van der Waals surface area contributed by atoms with Gasteiger partial charge in [-0.3, -0.25) is 4.79 Å². The van der Waals surface area contributed by atoms with Crippen LogP contribution in [0, 0.1) is 0 Å². The van der Waals surface area contributed by atoms with Crippen LogP contribution in [0.5, 0.6) is 5.75 Å². The average molecular weight is 309 g/mol. The Labute approximate surface area is 128 Å². The summed E-state index contributed by atoms with van der Waals surface area (Å²) in [6.45, 7) is 0. The number of hydrogen-bond acceptors (Lipinski definition) is 2. The average Bonchev–Trinajstić information content (AvgIpc) is 2.46. The van der Waals surface area contributed by atoms with E-state index in [2.05, 4.69) is 0 Å². The molecule has 0 fully saturated rings. The van der Waals surface area contributed by atoms with Crippen LogP contribution in [0.1, 0.15) is 17.0 Å². The SMILES string of the molecule is COc1ccccc1CC(C(=O)Cl)c1ccc(Cl)cc1. The quantitative estimate of drug-likeness (QED) is 0.763. The third-order valence-electron chi connectivity index (χ3n) is 3.16. The number of halogens is 2. The Morgan fingerprint density at radius 1 is 1.15 bits per heavy atom. The summed E-state index contributed by atoms with van der Waals surface area (Å²) >= 11 is 11.6. The lowest BCUT2D eigenvalue weighted by Crippen LogP contribution is -2.10. The van der Waals surface area contributed by atoms with Crippen LogP contribution in [-0.2, 0) is 11.2 Å². The van der Waals surface area contributed by atoms with Crippen molar-refractivity contribution >= 4 is 28.4 Å². The van der Waals surface area contributed by atoms with E-state index >= 15 is 0 Å². The zero-order valence-electron chi connectivity index (χ0n) is 11.0. The third kappa shape index (κ3) is 3.53. The van der Waals surface area contributed by atoms with Gasteiger partial charge >= 0.3 is 0 Å². The Morgan fingerprint density at radius 3 is 2.40 bits per heavy atom. The summed E-state index contributed by atoms with van der Waals surface area (Å²) in [4.78, 5) is 11.7. The first kappa shape index (κ1) is 14.9. The van der Waals surface area contributed by atoms with Crippen molar-refractivity contribution in [1.82, 2.24) is 0 Å². The van der Waals surface area contributed by atoms with Crippen LogP contribution >= 0.6 is 23.2 Å². The van der Waals surface area contributed by atoms with E-state index in [1.54, 1.807) is 19.2 Å². The summed E-state index contributed by atoms with van der Waals surface area (Å²) in [5.41, 5.74) is 1.80. The standard InChI is InChI=1S/C16H14Cl2O2/c1-20-15-5-3-2-4-12(15)10-14(16(18)19)11-6-8-13(17)9-7-11/h2-9,14H,10H2,1H3. The highest BCUT2D eigenvalue weighted by atomic mass is 35.5. The van der Waals surface area contributed by atoms with Gasteiger partial charge in [0.1, 0.15) is 5.75 Å². The number of methoxy groups -OCH3 is 1. The number of ether oxygens (including phenoxy) is 1. The fraction of sp³-hybridized carbons (Fsp3) is 0.188. The molecule has 0 aliphatic heterocycles. The van der Waals surface area contributed by atoms with Crippen LogP contribution in [-0.4, -0.2) is 12.4 Å². The van der Waals surface area contributed by atoms with Gasteiger partial charge < -0.3 is 4.74 Å². The molecule has 2 nitrogen and oxygen atoms in total. The predicted molar refractivity (Wildman–Crippen MR) is 81.8 cm³/mol. The predicted octanol–water partition coefficient (Wildman–Crippen LogP) is 4.44. The third-order valence-corrected chi connectivity index (χ3v) is 3.68. The summed E-state index contributed by atoms with van der Waals surface area (Å²) in [6.07, 6.45) is 0.494. The molecule has 0 N–H and O–H groups in total. The number of rotatable bonds is 5. The molecule has 0 bridgehead atoms. The van der Waals surface area contributed by atoms with Crippen LogP contribution in [0.3, 0.4) is 0 Å². The van der Waals surface area contributed by atoms with Gasteiger partial charge in [-0.2, -0.15) is 0 Å². The number of carbonyl (C=O) groups excluding carboxylic acids is 1. The van der Waals surface area contributed by atoms with Crippen LogP contribution in [0.15, 0.2) is 48.5 Å². The molecule has 0 amide bonds. The molecule has 0 aromatic heterocycles. The maximum Gasteiger partial charge on any atom is 0.229 e. The van der Waals surface area contributed by atoms with E-state index in [0.717, 1.165) is 16.9 Å². The molecule has 0 spiro atoms. The van der Waals surface area contributed by atoms with Crippen LogP contribution in [0.4, 0.5) is 0 Å². The molecule has 1 atom stereocenters. The van der Waals surface area contributed by atoms with Crippen molar-refractivity contribution in [3.63, 3.8) is 0 Å². The summed E-state index contributed by atoms with van der Waals surface area (Å²) in [6, 6.07) is 14.8. The maximum atomic E-state index is 11.7. The molecule has 2 rings (SSSR count). The lowest BCUT2D eigenvalue weighted by atomic mass is 9.92. The van der Waals surface area contributed by atoms with E-state index in [4.69, 9.17) is 27.9 Å². The van der Waals surface area contributed by atoms with Crippen LogP contribution in [0.25, 0.3) is 0 Å². The van der Waals surface area contributed by atoms with E-state index in [1.807, 2.05) is 36.4 Å². The Kier molecular flexibility index (Phi) is 5.05. The summed E-state index contributed by atoms with van der Waals surface area (Å²) in [7, 11) is 1.61. The molecule has 4 heteroatoms. The lowest BCUT2D eigenvalue weighted by Gasteiger charge is -2.15. The first-order chi connectivity index (χ1) is 9.61. The van der Waals surface area contributed by atoms with Crippen LogP contribution < -0.4 is 4.74 Å². The molecule has 2 aromatic carbocycles. The minimum absolute atomic E-state index is 0.391. The normalized spacial score (nSPS) is 11.9. The highest BCUT2D eigenvalue weighted by molar-refractivity contribution is 6.64. The Morgan fingerprint density at radius 2 is 1.80 bits per heavy atom. The zero-order valence-corrected chi connectivity index (χ0v) is 12.5. The maximum absolute atomic E-state index is 11.7. The molecule has 20 heavy (non-hydrogen) atoms. The molecule has 0 saturated carbocycles. The monoisotopic (exact) mass is 308 g/mol. The van der Waals surface area contributed by atoms with Gasteiger partial charge in [0.2, 0.25) is 5.24 Å². The molecule has 104 valence electrons. The van der Waals surface area contributed by atoms with Gasteiger partial charge in [0.05, 0.1) is 13.0 Å². The zero-order chi connectivity index (χ0) is 14.5. The van der Waals surface area contributed by atoms with Crippen molar-refractivity contribution in [3.05, 3.63) is 64.7 Å². The summed E-state index contributed by atoms with van der Waals surface area (Å²) in [5.74, 6) is 0.342. The van der Waals surface area contributed by atoms with Gasteiger partial charge in [0.15, 0.2) is 0 Å². The van der Waals surface area contributed by atoms with Crippen molar-refractivity contribution < 1.29 is 9.53 Å². The molecule has 0 radical (unpaired) electrons.